The molecule has 1 aliphatic rings. The normalized spacial score (nSPS) is 15.8. The summed E-state index contributed by atoms with van der Waals surface area (Å²) in [6.07, 6.45) is 1.89. The van der Waals surface area contributed by atoms with E-state index in [-0.39, 0.29) is 5.56 Å². The number of benzene rings is 1. The number of nitrogens with one attached hydrogen (secondary N) is 1. The van der Waals surface area contributed by atoms with Crippen molar-refractivity contribution in [1.82, 2.24) is 24.5 Å². The van der Waals surface area contributed by atoms with Gasteiger partial charge in [0.25, 0.3) is 5.56 Å². The van der Waals surface area contributed by atoms with E-state index in [9.17, 15) is 4.79 Å². The SMILES string of the molecule is CN1CCN(c2[nH]c3ncnn3c(=O)c2Cc2cccc(Cl)c2)CC1. The highest BCUT2D eigenvalue weighted by Crippen LogP contribution is 2.21. The fourth-order valence-electron chi connectivity index (χ4n) is 3.20. The van der Waals surface area contributed by atoms with Crippen molar-refractivity contribution in [2.24, 2.45) is 0 Å². The van der Waals surface area contributed by atoms with E-state index in [0.717, 1.165) is 37.6 Å². The number of anilines is 1. The Morgan fingerprint density at radius 1 is 1.24 bits per heavy atom. The summed E-state index contributed by atoms with van der Waals surface area (Å²) in [5.41, 5.74) is 1.54. The van der Waals surface area contributed by atoms with Crippen LogP contribution in [-0.2, 0) is 6.42 Å². The van der Waals surface area contributed by atoms with E-state index in [1.165, 1.54) is 10.8 Å². The highest BCUT2D eigenvalue weighted by molar-refractivity contribution is 6.30. The molecule has 1 saturated heterocycles. The Bertz CT molecular complexity index is 957. The Morgan fingerprint density at radius 2 is 2.04 bits per heavy atom. The third-order valence-corrected chi connectivity index (χ3v) is 4.84. The Hall–Kier alpha value is -2.38. The van der Waals surface area contributed by atoms with Crippen molar-refractivity contribution in [2.75, 3.05) is 38.1 Å². The van der Waals surface area contributed by atoms with Crippen LogP contribution in [-0.4, -0.2) is 57.7 Å². The molecule has 0 unspecified atom stereocenters. The number of aromatic amines is 1. The van der Waals surface area contributed by atoms with Gasteiger partial charge in [0.2, 0.25) is 5.78 Å². The van der Waals surface area contributed by atoms with Crippen molar-refractivity contribution >= 4 is 23.2 Å². The number of fused-ring (bicyclic) bond motifs is 1. The van der Waals surface area contributed by atoms with Crippen LogP contribution in [0.25, 0.3) is 5.78 Å². The molecule has 2 aromatic heterocycles. The summed E-state index contributed by atoms with van der Waals surface area (Å²) >= 11 is 6.10. The highest BCUT2D eigenvalue weighted by atomic mass is 35.5. The summed E-state index contributed by atoms with van der Waals surface area (Å²) in [5, 5.41) is 4.71. The molecule has 0 atom stereocenters. The van der Waals surface area contributed by atoms with Crippen molar-refractivity contribution in [1.29, 1.82) is 0 Å². The van der Waals surface area contributed by atoms with Crippen LogP contribution in [0.1, 0.15) is 11.1 Å². The van der Waals surface area contributed by atoms with E-state index in [2.05, 4.69) is 31.9 Å². The maximum absolute atomic E-state index is 13.0. The summed E-state index contributed by atoms with van der Waals surface area (Å²) < 4.78 is 1.32. The van der Waals surface area contributed by atoms with Crippen molar-refractivity contribution in [3.63, 3.8) is 0 Å². The first-order valence-corrected chi connectivity index (χ1v) is 8.62. The second-order valence-corrected chi connectivity index (χ2v) is 6.79. The van der Waals surface area contributed by atoms with Gasteiger partial charge in [-0.15, -0.1) is 0 Å². The number of rotatable bonds is 3. The largest absolute Gasteiger partial charge is 0.355 e. The number of halogens is 1. The number of piperazine rings is 1. The fraction of sp³-hybridized carbons (Fsp3) is 0.353. The standard InChI is InChI=1S/C17H19ClN6O/c1-22-5-7-23(8-6-22)15-14(10-12-3-2-4-13(18)9-12)16(25)24-17(21-15)19-11-20-24/h2-4,9,11H,5-8,10H2,1H3,(H,19,20,21). The number of aromatic nitrogens is 4. The van der Waals surface area contributed by atoms with Crippen LogP contribution in [0.15, 0.2) is 35.4 Å². The van der Waals surface area contributed by atoms with E-state index in [0.29, 0.717) is 22.8 Å². The molecular formula is C17H19ClN6O. The Labute approximate surface area is 149 Å². The van der Waals surface area contributed by atoms with Crippen LogP contribution < -0.4 is 10.5 Å². The molecule has 8 heteroatoms. The van der Waals surface area contributed by atoms with Crippen molar-refractivity contribution in [3.05, 3.63) is 57.1 Å². The monoisotopic (exact) mass is 358 g/mol. The first-order valence-electron chi connectivity index (χ1n) is 8.24. The predicted molar refractivity (Wildman–Crippen MR) is 97.6 cm³/mol. The van der Waals surface area contributed by atoms with Gasteiger partial charge in [0.1, 0.15) is 12.1 Å². The van der Waals surface area contributed by atoms with Crippen molar-refractivity contribution in [3.8, 4) is 0 Å². The summed E-state index contributed by atoms with van der Waals surface area (Å²) in [7, 11) is 2.11. The topological polar surface area (TPSA) is 69.5 Å². The van der Waals surface area contributed by atoms with E-state index in [1.807, 2.05) is 24.3 Å². The second-order valence-electron chi connectivity index (χ2n) is 6.35. The van der Waals surface area contributed by atoms with E-state index in [4.69, 9.17) is 11.6 Å². The summed E-state index contributed by atoms with van der Waals surface area (Å²) in [4.78, 5) is 24.9. The summed E-state index contributed by atoms with van der Waals surface area (Å²) in [6, 6.07) is 7.59. The minimum absolute atomic E-state index is 0.139. The van der Waals surface area contributed by atoms with Gasteiger partial charge in [-0.1, -0.05) is 23.7 Å². The molecule has 4 rings (SSSR count). The average Bonchev–Trinajstić information content (AvgIpc) is 3.07. The van der Waals surface area contributed by atoms with Crippen LogP contribution in [0.3, 0.4) is 0 Å². The lowest BCUT2D eigenvalue weighted by Crippen LogP contribution is -2.46. The Kier molecular flexibility index (Phi) is 4.19. The van der Waals surface area contributed by atoms with Gasteiger partial charge in [-0.05, 0) is 24.7 Å². The van der Waals surface area contributed by atoms with Gasteiger partial charge in [-0.3, -0.25) is 4.79 Å². The molecule has 7 nitrogen and oxygen atoms in total. The van der Waals surface area contributed by atoms with Crippen LogP contribution >= 0.6 is 11.6 Å². The van der Waals surface area contributed by atoms with Crippen LogP contribution in [0.5, 0.6) is 0 Å². The smallest absolute Gasteiger partial charge is 0.281 e. The molecule has 1 aromatic carbocycles. The van der Waals surface area contributed by atoms with Crippen LogP contribution in [0.4, 0.5) is 5.82 Å². The van der Waals surface area contributed by atoms with Crippen molar-refractivity contribution in [2.45, 2.75) is 6.42 Å². The first-order chi connectivity index (χ1) is 12.1. The zero-order valence-corrected chi connectivity index (χ0v) is 14.7. The zero-order chi connectivity index (χ0) is 17.4. The number of hydrogen-bond donors (Lipinski definition) is 1. The lowest BCUT2D eigenvalue weighted by atomic mass is 10.1. The Morgan fingerprint density at radius 3 is 2.80 bits per heavy atom. The molecule has 0 bridgehead atoms. The minimum Gasteiger partial charge on any atom is -0.355 e. The molecule has 1 N–H and O–H groups in total. The molecule has 1 aliphatic heterocycles. The zero-order valence-electron chi connectivity index (χ0n) is 13.9. The highest BCUT2D eigenvalue weighted by Gasteiger charge is 2.22. The summed E-state index contributed by atoms with van der Waals surface area (Å²) in [5.74, 6) is 1.30. The van der Waals surface area contributed by atoms with Gasteiger partial charge in [0.15, 0.2) is 0 Å². The maximum Gasteiger partial charge on any atom is 0.281 e. The molecule has 0 spiro atoms. The minimum atomic E-state index is -0.139. The van der Waals surface area contributed by atoms with Gasteiger partial charge < -0.3 is 14.8 Å². The average molecular weight is 359 g/mol. The van der Waals surface area contributed by atoms with Crippen LogP contribution in [0.2, 0.25) is 5.02 Å². The molecule has 130 valence electrons. The number of hydrogen-bond acceptors (Lipinski definition) is 5. The van der Waals surface area contributed by atoms with Gasteiger partial charge in [-0.2, -0.15) is 14.6 Å². The third-order valence-electron chi connectivity index (χ3n) is 4.60. The molecular weight excluding hydrogens is 340 g/mol. The molecule has 0 saturated carbocycles. The second kappa shape index (κ2) is 6.50. The number of likely N-dealkylation sites (N-methyl/N-ethyl adjacent to an activating group) is 1. The number of nitrogens with zero attached hydrogens (tertiary/aromatic N) is 5. The summed E-state index contributed by atoms with van der Waals surface area (Å²) in [6.45, 7) is 3.63. The van der Waals surface area contributed by atoms with E-state index in [1.54, 1.807) is 0 Å². The molecule has 0 aliphatic carbocycles. The van der Waals surface area contributed by atoms with Gasteiger partial charge in [0.05, 0.1) is 5.56 Å². The molecule has 0 radical (unpaired) electrons. The third kappa shape index (κ3) is 3.12. The molecule has 0 amide bonds. The molecule has 3 aromatic rings. The predicted octanol–water partition coefficient (Wildman–Crippen LogP) is 1.41. The van der Waals surface area contributed by atoms with Gasteiger partial charge in [0, 0.05) is 37.6 Å². The first kappa shape index (κ1) is 16.1. The molecule has 25 heavy (non-hydrogen) atoms. The van der Waals surface area contributed by atoms with Crippen molar-refractivity contribution < 1.29 is 0 Å². The quantitative estimate of drug-likeness (QED) is 0.766. The molecule has 1 fully saturated rings. The van der Waals surface area contributed by atoms with E-state index >= 15 is 0 Å². The number of H-pyrrole nitrogens is 1. The fourth-order valence-corrected chi connectivity index (χ4v) is 3.41. The van der Waals surface area contributed by atoms with Crippen LogP contribution in [0, 0.1) is 0 Å². The maximum atomic E-state index is 13.0. The lowest BCUT2D eigenvalue weighted by molar-refractivity contribution is 0.312. The Balaban J connectivity index is 1.81. The van der Waals surface area contributed by atoms with Gasteiger partial charge >= 0.3 is 0 Å². The lowest BCUT2D eigenvalue weighted by Gasteiger charge is -2.34. The van der Waals surface area contributed by atoms with Gasteiger partial charge in [-0.25, -0.2) is 0 Å². The van der Waals surface area contributed by atoms with E-state index < -0.39 is 0 Å². The molecule has 3 heterocycles.